The van der Waals surface area contributed by atoms with Crippen molar-refractivity contribution in [2.75, 3.05) is 0 Å². The second-order valence-corrected chi connectivity index (χ2v) is 4.73. The maximum Gasteiger partial charge on any atom is 0.193 e. The predicted molar refractivity (Wildman–Crippen MR) is 71.1 cm³/mol. The monoisotopic (exact) mass is 264 g/mol. The van der Waals surface area contributed by atoms with Gasteiger partial charge in [-0.3, -0.25) is 4.79 Å². The van der Waals surface area contributed by atoms with E-state index in [1.807, 2.05) is 19.1 Å². The Hall–Kier alpha value is -1.31. The van der Waals surface area contributed by atoms with E-state index in [2.05, 4.69) is 0 Å². The molecule has 0 atom stereocenters. The van der Waals surface area contributed by atoms with E-state index in [0.29, 0.717) is 21.2 Å². The molecule has 1 nitrogen and oxygen atoms in total. The highest BCUT2D eigenvalue weighted by atomic mass is 35.5. The summed E-state index contributed by atoms with van der Waals surface area (Å²) in [4.78, 5) is 12.2. The minimum Gasteiger partial charge on any atom is -0.289 e. The predicted octanol–water partition coefficient (Wildman–Crippen LogP) is 4.53. The SMILES string of the molecule is Cc1cc(Cl)cc(C(=O)c2ccc(Cl)cc2)c1. The Morgan fingerprint density at radius 3 is 2.12 bits per heavy atom. The van der Waals surface area contributed by atoms with Crippen LogP contribution >= 0.6 is 23.2 Å². The van der Waals surface area contributed by atoms with Gasteiger partial charge >= 0.3 is 0 Å². The van der Waals surface area contributed by atoms with Gasteiger partial charge in [-0.25, -0.2) is 0 Å². The zero-order valence-electron chi connectivity index (χ0n) is 9.21. The van der Waals surface area contributed by atoms with Crippen molar-refractivity contribution < 1.29 is 4.79 Å². The zero-order valence-corrected chi connectivity index (χ0v) is 10.7. The molecule has 2 rings (SSSR count). The molecule has 0 saturated carbocycles. The number of rotatable bonds is 2. The van der Waals surface area contributed by atoms with Gasteiger partial charge in [0, 0.05) is 21.2 Å². The summed E-state index contributed by atoms with van der Waals surface area (Å²) < 4.78 is 0. The molecule has 0 aromatic heterocycles. The van der Waals surface area contributed by atoms with Crippen molar-refractivity contribution in [2.24, 2.45) is 0 Å². The van der Waals surface area contributed by atoms with Gasteiger partial charge in [0.25, 0.3) is 0 Å². The number of halogens is 2. The largest absolute Gasteiger partial charge is 0.289 e. The minimum atomic E-state index is -0.0488. The molecule has 0 N–H and O–H groups in total. The molecule has 0 aliphatic rings. The van der Waals surface area contributed by atoms with Crippen LogP contribution in [0.1, 0.15) is 21.5 Å². The molecule has 2 aromatic carbocycles. The van der Waals surface area contributed by atoms with E-state index in [-0.39, 0.29) is 5.78 Å². The van der Waals surface area contributed by atoms with E-state index < -0.39 is 0 Å². The molecule has 0 fully saturated rings. The van der Waals surface area contributed by atoms with Gasteiger partial charge in [-0.1, -0.05) is 23.2 Å². The van der Waals surface area contributed by atoms with Crippen molar-refractivity contribution in [1.82, 2.24) is 0 Å². The highest BCUT2D eigenvalue weighted by Gasteiger charge is 2.09. The molecule has 0 bridgehead atoms. The first-order chi connectivity index (χ1) is 8.06. The van der Waals surface area contributed by atoms with Crippen LogP contribution in [0, 0.1) is 6.92 Å². The summed E-state index contributed by atoms with van der Waals surface area (Å²) in [5.74, 6) is -0.0488. The quantitative estimate of drug-likeness (QED) is 0.729. The number of ketones is 1. The Morgan fingerprint density at radius 1 is 0.882 bits per heavy atom. The highest BCUT2D eigenvalue weighted by molar-refractivity contribution is 6.31. The zero-order chi connectivity index (χ0) is 12.4. The van der Waals surface area contributed by atoms with Gasteiger partial charge in [-0.05, 0) is 55.0 Å². The fourth-order valence-corrected chi connectivity index (χ4v) is 2.05. The van der Waals surface area contributed by atoms with Gasteiger partial charge < -0.3 is 0 Å². The standard InChI is InChI=1S/C14H10Cl2O/c1-9-6-11(8-13(16)7-9)14(17)10-2-4-12(15)5-3-10/h2-8H,1H3. The Morgan fingerprint density at radius 2 is 1.53 bits per heavy atom. The highest BCUT2D eigenvalue weighted by Crippen LogP contribution is 2.18. The summed E-state index contributed by atoms with van der Waals surface area (Å²) in [6.45, 7) is 1.91. The third-order valence-electron chi connectivity index (χ3n) is 2.41. The van der Waals surface area contributed by atoms with Crippen molar-refractivity contribution in [3.63, 3.8) is 0 Å². The Balaban J connectivity index is 2.40. The number of aryl methyl sites for hydroxylation is 1. The Kier molecular flexibility index (Phi) is 3.51. The molecule has 0 amide bonds. The number of hydrogen-bond acceptors (Lipinski definition) is 1. The Labute approximate surface area is 110 Å². The molecular weight excluding hydrogens is 255 g/mol. The third-order valence-corrected chi connectivity index (χ3v) is 2.88. The van der Waals surface area contributed by atoms with Crippen molar-refractivity contribution in [3.8, 4) is 0 Å². The number of carbonyl (C=O) groups excluding carboxylic acids is 1. The van der Waals surface area contributed by atoms with Crippen LogP contribution in [-0.4, -0.2) is 5.78 Å². The van der Waals surface area contributed by atoms with Crippen LogP contribution in [0.5, 0.6) is 0 Å². The average Bonchev–Trinajstić information content (AvgIpc) is 2.28. The molecule has 2 aromatic rings. The topological polar surface area (TPSA) is 17.1 Å². The van der Waals surface area contributed by atoms with Crippen LogP contribution in [0.15, 0.2) is 42.5 Å². The molecule has 17 heavy (non-hydrogen) atoms. The van der Waals surface area contributed by atoms with Crippen LogP contribution in [0.4, 0.5) is 0 Å². The van der Waals surface area contributed by atoms with Crippen LogP contribution < -0.4 is 0 Å². The van der Waals surface area contributed by atoms with Crippen molar-refractivity contribution in [2.45, 2.75) is 6.92 Å². The van der Waals surface area contributed by atoms with Gasteiger partial charge in [-0.15, -0.1) is 0 Å². The van der Waals surface area contributed by atoms with Crippen molar-refractivity contribution in [3.05, 3.63) is 69.2 Å². The van der Waals surface area contributed by atoms with Gasteiger partial charge in [0.05, 0.1) is 0 Å². The summed E-state index contributed by atoms with van der Waals surface area (Å²) in [5.41, 5.74) is 2.17. The first kappa shape index (κ1) is 12.2. The summed E-state index contributed by atoms with van der Waals surface area (Å²) in [5, 5.41) is 1.19. The first-order valence-electron chi connectivity index (χ1n) is 5.14. The van der Waals surface area contributed by atoms with Crippen molar-refractivity contribution >= 4 is 29.0 Å². The molecule has 0 saturated heterocycles. The van der Waals surface area contributed by atoms with Crippen LogP contribution in [-0.2, 0) is 0 Å². The molecule has 0 unspecified atom stereocenters. The lowest BCUT2D eigenvalue weighted by Crippen LogP contribution is -2.01. The smallest absolute Gasteiger partial charge is 0.193 e. The minimum absolute atomic E-state index is 0.0488. The summed E-state index contributed by atoms with van der Waals surface area (Å²) in [6.07, 6.45) is 0. The fourth-order valence-electron chi connectivity index (χ4n) is 1.64. The lowest BCUT2D eigenvalue weighted by atomic mass is 10.0. The molecule has 0 radical (unpaired) electrons. The average molecular weight is 265 g/mol. The van der Waals surface area contributed by atoms with Gasteiger partial charge in [0.1, 0.15) is 0 Å². The summed E-state index contributed by atoms with van der Waals surface area (Å²) in [6, 6.07) is 12.1. The molecule has 0 aliphatic carbocycles. The molecule has 0 spiro atoms. The second-order valence-electron chi connectivity index (χ2n) is 3.85. The maximum absolute atomic E-state index is 12.2. The Bertz CT molecular complexity index is 539. The van der Waals surface area contributed by atoms with Crippen LogP contribution in [0.3, 0.4) is 0 Å². The second kappa shape index (κ2) is 4.91. The van der Waals surface area contributed by atoms with Gasteiger partial charge in [0.2, 0.25) is 0 Å². The molecule has 0 aliphatic heterocycles. The van der Waals surface area contributed by atoms with E-state index in [0.717, 1.165) is 5.56 Å². The van der Waals surface area contributed by atoms with E-state index in [1.54, 1.807) is 30.3 Å². The lowest BCUT2D eigenvalue weighted by Gasteiger charge is -2.03. The fraction of sp³-hybridized carbons (Fsp3) is 0.0714. The van der Waals surface area contributed by atoms with E-state index in [4.69, 9.17) is 23.2 Å². The van der Waals surface area contributed by atoms with Crippen molar-refractivity contribution in [1.29, 1.82) is 0 Å². The maximum atomic E-state index is 12.2. The lowest BCUT2D eigenvalue weighted by molar-refractivity contribution is 0.103. The normalized spacial score (nSPS) is 10.3. The number of benzene rings is 2. The molecule has 0 heterocycles. The number of hydrogen-bond donors (Lipinski definition) is 0. The van der Waals surface area contributed by atoms with Crippen LogP contribution in [0.25, 0.3) is 0 Å². The number of carbonyl (C=O) groups is 1. The van der Waals surface area contributed by atoms with E-state index >= 15 is 0 Å². The first-order valence-corrected chi connectivity index (χ1v) is 5.89. The van der Waals surface area contributed by atoms with Gasteiger partial charge in [0.15, 0.2) is 5.78 Å². The van der Waals surface area contributed by atoms with E-state index in [9.17, 15) is 4.79 Å². The van der Waals surface area contributed by atoms with Gasteiger partial charge in [-0.2, -0.15) is 0 Å². The molecule has 86 valence electrons. The molecular formula is C14H10Cl2O. The van der Waals surface area contributed by atoms with E-state index in [1.165, 1.54) is 0 Å². The summed E-state index contributed by atoms with van der Waals surface area (Å²) in [7, 11) is 0. The third kappa shape index (κ3) is 2.87. The summed E-state index contributed by atoms with van der Waals surface area (Å²) >= 11 is 11.7. The van der Waals surface area contributed by atoms with Crippen LogP contribution in [0.2, 0.25) is 10.0 Å². The molecule has 3 heteroatoms.